The summed E-state index contributed by atoms with van der Waals surface area (Å²) < 4.78 is 10.4. The summed E-state index contributed by atoms with van der Waals surface area (Å²) in [5, 5.41) is 0. The maximum absolute atomic E-state index is 5.41. The maximum atomic E-state index is 5.41. The first-order valence-electron chi connectivity index (χ1n) is 4.41. The third kappa shape index (κ3) is 8.50. The van der Waals surface area contributed by atoms with Gasteiger partial charge in [-0.3, -0.25) is 0 Å². The Morgan fingerprint density at radius 2 is 2.00 bits per heavy atom. The van der Waals surface area contributed by atoms with Crippen molar-refractivity contribution in [2.45, 2.75) is 37.6 Å². The van der Waals surface area contributed by atoms with E-state index in [0.29, 0.717) is 10.9 Å². The molecule has 0 amide bonds. The average molecular weight is 239 g/mol. The van der Waals surface area contributed by atoms with Crippen molar-refractivity contribution >= 4 is 15.9 Å². The number of alkyl halides is 1. The van der Waals surface area contributed by atoms with Crippen LogP contribution in [0.25, 0.3) is 0 Å². The lowest BCUT2D eigenvalue weighted by Gasteiger charge is -2.10. The first-order chi connectivity index (χ1) is 5.66. The van der Waals surface area contributed by atoms with E-state index in [1.54, 1.807) is 7.11 Å². The van der Waals surface area contributed by atoms with Crippen molar-refractivity contribution in [3.8, 4) is 0 Å². The van der Waals surface area contributed by atoms with Crippen LogP contribution >= 0.6 is 15.9 Å². The van der Waals surface area contributed by atoms with Gasteiger partial charge >= 0.3 is 0 Å². The fraction of sp³-hybridized carbons (Fsp3) is 1.00. The van der Waals surface area contributed by atoms with Crippen LogP contribution in [-0.2, 0) is 9.47 Å². The molecule has 0 rings (SSSR count). The predicted molar refractivity (Wildman–Crippen MR) is 54.9 cm³/mol. The summed E-state index contributed by atoms with van der Waals surface area (Å²) in [6.07, 6.45) is 2.55. The van der Waals surface area contributed by atoms with E-state index in [0.717, 1.165) is 26.1 Å². The van der Waals surface area contributed by atoms with Crippen LogP contribution in [0.2, 0.25) is 0 Å². The summed E-state index contributed by atoms with van der Waals surface area (Å²) in [7, 11) is 1.72. The van der Waals surface area contributed by atoms with Crippen LogP contribution in [-0.4, -0.2) is 31.3 Å². The van der Waals surface area contributed by atoms with Gasteiger partial charge in [0.05, 0.1) is 12.7 Å². The molecule has 0 aromatic carbocycles. The van der Waals surface area contributed by atoms with Gasteiger partial charge in [0.15, 0.2) is 0 Å². The minimum atomic E-state index is 0.348. The zero-order chi connectivity index (χ0) is 9.40. The Hall–Kier alpha value is 0.400. The van der Waals surface area contributed by atoms with Gasteiger partial charge in [0.2, 0.25) is 0 Å². The van der Waals surface area contributed by atoms with E-state index in [2.05, 4.69) is 29.8 Å². The highest BCUT2D eigenvalue weighted by Crippen LogP contribution is 2.08. The summed E-state index contributed by atoms with van der Waals surface area (Å²) in [6, 6.07) is 0. The molecule has 0 fully saturated rings. The van der Waals surface area contributed by atoms with Gasteiger partial charge in [-0.2, -0.15) is 0 Å². The highest BCUT2D eigenvalue weighted by Gasteiger charge is 2.02. The van der Waals surface area contributed by atoms with Gasteiger partial charge in [0.25, 0.3) is 0 Å². The Labute approximate surface area is 83.8 Å². The van der Waals surface area contributed by atoms with E-state index in [1.165, 1.54) is 0 Å². The number of hydrogen-bond acceptors (Lipinski definition) is 2. The molecular formula is C9H19BrO2. The molecule has 0 spiro atoms. The molecule has 0 heterocycles. The monoisotopic (exact) mass is 238 g/mol. The third-order valence-corrected chi connectivity index (χ3v) is 2.18. The quantitative estimate of drug-likeness (QED) is 0.502. The van der Waals surface area contributed by atoms with Gasteiger partial charge in [-0.15, -0.1) is 0 Å². The molecule has 1 atom stereocenters. The van der Waals surface area contributed by atoms with Crippen LogP contribution in [0.5, 0.6) is 0 Å². The lowest BCUT2D eigenvalue weighted by Crippen LogP contribution is -2.09. The van der Waals surface area contributed by atoms with Crippen LogP contribution in [0.15, 0.2) is 0 Å². The van der Waals surface area contributed by atoms with E-state index < -0.39 is 0 Å². The zero-order valence-corrected chi connectivity index (χ0v) is 9.76. The van der Waals surface area contributed by atoms with Crippen molar-refractivity contribution < 1.29 is 9.47 Å². The van der Waals surface area contributed by atoms with Crippen molar-refractivity contribution in [1.29, 1.82) is 0 Å². The van der Waals surface area contributed by atoms with Gasteiger partial charge in [-0.1, -0.05) is 15.9 Å². The summed E-state index contributed by atoms with van der Waals surface area (Å²) in [5.74, 6) is 0. The summed E-state index contributed by atoms with van der Waals surface area (Å²) in [6.45, 7) is 5.74. The molecule has 0 saturated heterocycles. The second kappa shape index (κ2) is 8.02. The van der Waals surface area contributed by atoms with Crippen LogP contribution in [0.1, 0.15) is 26.7 Å². The summed E-state index contributed by atoms with van der Waals surface area (Å²) >= 11 is 3.52. The SMILES string of the molecule is COCC(Br)CCCOC(C)C. The van der Waals surface area contributed by atoms with Gasteiger partial charge in [-0.25, -0.2) is 0 Å². The minimum Gasteiger partial charge on any atom is -0.384 e. The molecule has 12 heavy (non-hydrogen) atoms. The molecule has 3 heteroatoms. The number of rotatable bonds is 7. The Bertz CT molecular complexity index is 96.5. The molecule has 1 unspecified atom stereocenters. The van der Waals surface area contributed by atoms with Crippen molar-refractivity contribution in [1.82, 2.24) is 0 Å². The number of hydrogen-bond donors (Lipinski definition) is 0. The molecule has 0 aromatic rings. The number of methoxy groups -OCH3 is 1. The van der Waals surface area contributed by atoms with E-state index in [4.69, 9.17) is 9.47 Å². The topological polar surface area (TPSA) is 18.5 Å². The molecule has 0 saturated carbocycles. The van der Waals surface area contributed by atoms with Crippen molar-refractivity contribution in [2.24, 2.45) is 0 Å². The van der Waals surface area contributed by atoms with Gasteiger partial charge in [-0.05, 0) is 26.7 Å². The number of ether oxygens (including phenoxy) is 2. The van der Waals surface area contributed by atoms with Crippen molar-refractivity contribution in [2.75, 3.05) is 20.3 Å². The van der Waals surface area contributed by atoms with Gasteiger partial charge < -0.3 is 9.47 Å². The second-order valence-corrected chi connectivity index (χ2v) is 4.41. The van der Waals surface area contributed by atoms with Crippen LogP contribution in [0.4, 0.5) is 0 Å². The standard InChI is InChI=1S/C9H19BrO2/c1-8(2)12-6-4-5-9(10)7-11-3/h8-9H,4-7H2,1-3H3. The van der Waals surface area contributed by atoms with Crippen molar-refractivity contribution in [3.05, 3.63) is 0 Å². The fourth-order valence-electron chi connectivity index (χ4n) is 0.888. The molecule has 2 nitrogen and oxygen atoms in total. The van der Waals surface area contributed by atoms with Crippen molar-refractivity contribution in [3.63, 3.8) is 0 Å². The molecule has 0 aliphatic rings. The van der Waals surface area contributed by atoms with Gasteiger partial charge in [0, 0.05) is 18.5 Å². The van der Waals surface area contributed by atoms with Gasteiger partial charge in [0.1, 0.15) is 0 Å². The molecule has 0 aromatic heterocycles. The Morgan fingerprint density at radius 3 is 2.50 bits per heavy atom. The first-order valence-corrected chi connectivity index (χ1v) is 5.33. The van der Waals surface area contributed by atoms with Crippen LogP contribution in [0.3, 0.4) is 0 Å². The number of halogens is 1. The molecule has 0 aliphatic heterocycles. The van der Waals surface area contributed by atoms with E-state index >= 15 is 0 Å². The minimum absolute atomic E-state index is 0.348. The Kier molecular flexibility index (Phi) is 8.29. The molecule has 74 valence electrons. The molecular weight excluding hydrogens is 220 g/mol. The Morgan fingerprint density at radius 1 is 1.33 bits per heavy atom. The smallest absolute Gasteiger partial charge is 0.0587 e. The highest BCUT2D eigenvalue weighted by molar-refractivity contribution is 9.09. The molecule has 0 bridgehead atoms. The lowest BCUT2D eigenvalue weighted by atomic mass is 10.2. The van der Waals surface area contributed by atoms with E-state index in [1.807, 2.05) is 0 Å². The average Bonchev–Trinajstić information content (AvgIpc) is 1.98. The molecule has 0 N–H and O–H groups in total. The Balaban J connectivity index is 3.08. The largest absolute Gasteiger partial charge is 0.384 e. The van der Waals surface area contributed by atoms with Crippen LogP contribution in [0, 0.1) is 0 Å². The summed E-state index contributed by atoms with van der Waals surface area (Å²) in [4.78, 5) is 0.471. The lowest BCUT2D eigenvalue weighted by molar-refractivity contribution is 0.0748. The molecule has 0 radical (unpaired) electrons. The normalized spacial score (nSPS) is 13.8. The maximum Gasteiger partial charge on any atom is 0.0587 e. The second-order valence-electron chi connectivity index (χ2n) is 3.11. The zero-order valence-electron chi connectivity index (χ0n) is 8.18. The first kappa shape index (κ1) is 12.4. The molecule has 0 aliphatic carbocycles. The highest BCUT2D eigenvalue weighted by atomic mass is 79.9. The van der Waals surface area contributed by atoms with Crippen LogP contribution < -0.4 is 0 Å². The third-order valence-electron chi connectivity index (χ3n) is 1.46. The van der Waals surface area contributed by atoms with E-state index in [-0.39, 0.29) is 0 Å². The van der Waals surface area contributed by atoms with E-state index in [9.17, 15) is 0 Å². The summed E-state index contributed by atoms with van der Waals surface area (Å²) in [5.41, 5.74) is 0. The fourth-order valence-corrected chi connectivity index (χ4v) is 1.48. The predicted octanol–water partition coefficient (Wildman–Crippen LogP) is 2.60.